The summed E-state index contributed by atoms with van der Waals surface area (Å²) < 4.78 is 24.4. The van der Waals surface area contributed by atoms with E-state index in [1.165, 1.54) is 16.5 Å². The second-order valence-electron chi connectivity index (χ2n) is 12.8. The number of alkyl halides is 1. The Bertz CT molecular complexity index is 1260. The van der Waals surface area contributed by atoms with Gasteiger partial charge in [0.1, 0.15) is 11.3 Å². The fourth-order valence-corrected chi connectivity index (χ4v) is 9.33. The van der Waals surface area contributed by atoms with Crippen LogP contribution in [0.3, 0.4) is 0 Å². The first-order valence-corrected chi connectivity index (χ1v) is 13.6. The predicted molar refractivity (Wildman–Crippen MR) is 137 cm³/mol. The minimum atomic E-state index is -1.49. The molecular formula is C30H37FN2O3. The van der Waals surface area contributed by atoms with E-state index in [0.29, 0.717) is 19.3 Å². The largest absolute Gasteiger partial charge is 0.390 e. The molecule has 3 unspecified atom stereocenters. The number of likely N-dealkylation sites (N-methyl/N-ethyl adjacent to an activating group) is 1. The molecular weight excluding hydrogens is 455 g/mol. The van der Waals surface area contributed by atoms with E-state index in [1.807, 2.05) is 31.4 Å². The zero-order valence-corrected chi connectivity index (χ0v) is 21.5. The van der Waals surface area contributed by atoms with Gasteiger partial charge in [-0.1, -0.05) is 31.2 Å². The Morgan fingerprint density at radius 3 is 2.69 bits per heavy atom. The zero-order chi connectivity index (χ0) is 25.1. The quantitative estimate of drug-likeness (QED) is 0.646. The Morgan fingerprint density at radius 1 is 1.06 bits per heavy atom. The van der Waals surface area contributed by atoms with Gasteiger partial charge in [0.2, 0.25) is 0 Å². The predicted octanol–water partition coefficient (Wildman–Crippen LogP) is 4.51. The highest BCUT2D eigenvalue weighted by molar-refractivity contribution is 5.95. The van der Waals surface area contributed by atoms with Gasteiger partial charge in [-0.15, -0.1) is 0 Å². The fraction of sp³-hybridized carbons (Fsp3) is 0.633. The molecule has 2 aliphatic heterocycles. The summed E-state index contributed by atoms with van der Waals surface area (Å²) in [6.45, 7) is 2.32. The Hall–Kier alpha value is -1.86. The molecule has 5 nitrogen and oxygen atoms in total. The van der Waals surface area contributed by atoms with E-state index < -0.39 is 29.1 Å². The third-order valence-corrected chi connectivity index (χ3v) is 11.2. The van der Waals surface area contributed by atoms with E-state index >= 15 is 4.39 Å². The number of nitrogens with zero attached hydrogens (tertiary/aromatic N) is 2. The number of hydrogen-bond donors (Lipinski definition) is 2. The lowest BCUT2D eigenvalue weighted by atomic mass is 9.51. The molecule has 36 heavy (non-hydrogen) atoms. The first-order valence-electron chi connectivity index (χ1n) is 13.6. The summed E-state index contributed by atoms with van der Waals surface area (Å²) in [5.74, 6) is -0.320. The second-order valence-corrected chi connectivity index (χ2v) is 12.8. The average Bonchev–Trinajstić information content (AvgIpc) is 3.39. The number of hydrogen-bond acceptors (Lipinski definition) is 5. The molecule has 2 N–H and O–H groups in total. The molecule has 2 bridgehead atoms. The molecule has 5 aliphatic rings. The number of aliphatic hydroxyl groups is 2. The zero-order valence-electron chi connectivity index (χ0n) is 21.5. The number of aromatic nitrogens is 1. The summed E-state index contributed by atoms with van der Waals surface area (Å²) in [7, 11) is 3.88. The van der Waals surface area contributed by atoms with Crippen LogP contribution in [-0.2, 0) is 4.74 Å². The van der Waals surface area contributed by atoms with Gasteiger partial charge in [-0.05, 0) is 87.0 Å². The highest BCUT2D eigenvalue weighted by atomic mass is 19.1. The summed E-state index contributed by atoms with van der Waals surface area (Å²) in [5.41, 5.74) is -0.592. The van der Waals surface area contributed by atoms with Gasteiger partial charge in [0.05, 0.1) is 17.8 Å². The average molecular weight is 493 g/mol. The third-order valence-electron chi connectivity index (χ3n) is 11.2. The standard InChI is InChI=1S/C30H37FN2O3/c1-27-10-12-29(31)15-22-25(34)26(35)23(33(2)3)16-28(22)11-13-30(29,36-28)24(27)8-7-21(27)19-6-4-5-18-9-14-32-17-20(18)19/h4-7,9,14,17,22-26,34-35H,8,10-13,15-16H2,1-3H3/t22?,23-,24?,25+,26+,27+,28+,29?,30-/m0/s1. The molecule has 1 aromatic heterocycles. The number of halogens is 1. The van der Waals surface area contributed by atoms with E-state index in [2.05, 4.69) is 42.2 Å². The number of aliphatic hydroxyl groups excluding tert-OH is 2. The number of benzene rings is 1. The first-order chi connectivity index (χ1) is 17.1. The number of pyridine rings is 1. The van der Waals surface area contributed by atoms with Crippen molar-refractivity contribution < 1.29 is 19.3 Å². The van der Waals surface area contributed by atoms with Gasteiger partial charge < -0.3 is 19.8 Å². The van der Waals surface area contributed by atoms with Crippen molar-refractivity contribution in [2.75, 3.05) is 14.1 Å². The summed E-state index contributed by atoms with van der Waals surface area (Å²) in [4.78, 5) is 6.39. The van der Waals surface area contributed by atoms with Crippen molar-refractivity contribution in [3.63, 3.8) is 0 Å². The van der Waals surface area contributed by atoms with Crippen molar-refractivity contribution in [1.82, 2.24) is 9.88 Å². The smallest absolute Gasteiger partial charge is 0.140 e. The molecule has 2 aromatic rings. The molecule has 4 fully saturated rings. The van der Waals surface area contributed by atoms with Gasteiger partial charge in [0.15, 0.2) is 0 Å². The maximum absolute atomic E-state index is 17.3. The third kappa shape index (κ3) is 2.72. The molecule has 1 aromatic carbocycles. The van der Waals surface area contributed by atoms with Gasteiger partial charge in [-0.25, -0.2) is 4.39 Å². The molecule has 2 spiro atoms. The highest BCUT2D eigenvalue weighted by Gasteiger charge is 2.77. The van der Waals surface area contributed by atoms with Crippen LogP contribution in [0.15, 0.2) is 42.7 Å². The van der Waals surface area contributed by atoms with Crippen LogP contribution in [-0.4, -0.2) is 69.3 Å². The second kappa shape index (κ2) is 7.37. The number of ether oxygens (including phenoxy) is 1. The van der Waals surface area contributed by atoms with Crippen LogP contribution in [0.1, 0.15) is 57.4 Å². The van der Waals surface area contributed by atoms with Crippen molar-refractivity contribution in [1.29, 1.82) is 0 Å². The number of rotatable bonds is 2. The van der Waals surface area contributed by atoms with Crippen LogP contribution in [0.2, 0.25) is 0 Å². The van der Waals surface area contributed by atoms with Gasteiger partial charge in [-0.2, -0.15) is 0 Å². The summed E-state index contributed by atoms with van der Waals surface area (Å²) in [5, 5.41) is 24.4. The van der Waals surface area contributed by atoms with Gasteiger partial charge in [0, 0.05) is 35.7 Å². The van der Waals surface area contributed by atoms with Crippen LogP contribution in [0.25, 0.3) is 16.3 Å². The highest BCUT2D eigenvalue weighted by Crippen LogP contribution is 2.73. The van der Waals surface area contributed by atoms with Crippen LogP contribution in [0, 0.1) is 17.3 Å². The Morgan fingerprint density at radius 2 is 1.89 bits per heavy atom. The summed E-state index contributed by atoms with van der Waals surface area (Å²) in [6, 6.07) is 8.27. The summed E-state index contributed by atoms with van der Waals surface area (Å²) in [6.07, 6.45) is 8.60. The molecule has 6 heteroatoms. The SMILES string of the molecule is CN(C)[C@H]1C[C@@]23CC[C@]4(O2)C2CC=C(c5cccc6ccncc56)[C@@]2(C)CCC4(F)CC3[C@@H](O)[C@@H]1O. The maximum atomic E-state index is 17.3. The van der Waals surface area contributed by atoms with Crippen molar-refractivity contribution in [3.8, 4) is 0 Å². The molecule has 2 saturated carbocycles. The molecule has 0 radical (unpaired) electrons. The first kappa shape index (κ1) is 23.3. The van der Waals surface area contributed by atoms with Crippen LogP contribution in [0.4, 0.5) is 4.39 Å². The molecule has 7 rings (SSSR count). The summed E-state index contributed by atoms with van der Waals surface area (Å²) >= 11 is 0. The van der Waals surface area contributed by atoms with Crippen molar-refractivity contribution in [2.24, 2.45) is 17.3 Å². The lowest BCUT2D eigenvalue weighted by Crippen LogP contribution is -2.72. The molecule has 192 valence electrons. The van der Waals surface area contributed by atoms with E-state index in [0.717, 1.165) is 24.6 Å². The Balaban J connectivity index is 1.30. The minimum Gasteiger partial charge on any atom is -0.390 e. The van der Waals surface area contributed by atoms with Crippen molar-refractivity contribution >= 4 is 16.3 Å². The topological polar surface area (TPSA) is 65.8 Å². The van der Waals surface area contributed by atoms with E-state index in [-0.39, 0.29) is 29.7 Å². The van der Waals surface area contributed by atoms with Crippen molar-refractivity contribution in [3.05, 3.63) is 48.3 Å². The molecule has 0 amide bonds. The Labute approximate surface area is 212 Å². The van der Waals surface area contributed by atoms with Crippen molar-refractivity contribution in [2.45, 2.75) is 87.0 Å². The molecule has 2 saturated heterocycles. The van der Waals surface area contributed by atoms with Gasteiger partial charge in [-0.3, -0.25) is 4.98 Å². The molecule has 3 heterocycles. The number of allylic oxidation sites excluding steroid dienone is 2. The monoisotopic (exact) mass is 492 g/mol. The Kier molecular flexibility index (Phi) is 4.77. The van der Waals surface area contributed by atoms with Gasteiger partial charge >= 0.3 is 0 Å². The molecule has 3 aliphatic carbocycles. The van der Waals surface area contributed by atoms with E-state index in [9.17, 15) is 10.2 Å². The number of fused-ring (bicyclic) bond motifs is 2. The van der Waals surface area contributed by atoms with Gasteiger partial charge in [0.25, 0.3) is 0 Å². The lowest BCUT2D eigenvalue weighted by Gasteiger charge is -2.64. The van der Waals surface area contributed by atoms with E-state index in [4.69, 9.17) is 4.74 Å². The molecule has 9 atom stereocenters. The van der Waals surface area contributed by atoms with Crippen LogP contribution in [0.5, 0.6) is 0 Å². The minimum absolute atomic E-state index is 0.0489. The normalized spacial score (nSPS) is 47.4. The van der Waals surface area contributed by atoms with E-state index in [1.54, 1.807) is 0 Å². The van der Waals surface area contributed by atoms with Crippen LogP contribution < -0.4 is 0 Å². The maximum Gasteiger partial charge on any atom is 0.140 e. The van der Waals surface area contributed by atoms with Crippen LogP contribution >= 0.6 is 0 Å². The fourth-order valence-electron chi connectivity index (χ4n) is 9.33. The lowest BCUT2D eigenvalue weighted by molar-refractivity contribution is -0.314.